The van der Waals surface area contributed by atoms with Crippen LogP contribution in [0.4, 0.5) is 0 Å². The van der Waals surface area contributed by atoms with E-state index in [1.54, 1.807) is 0 Å². The van der Waals surface area contributed by atoms with Crippen molar-refractivity contribution in [3.63, 3.8) is 0 Å². The molecule has 5 heteroatoms. The van der Waals surface area contributed by atoms with Crippen LogP contribution < -0.4 is 0 Å². The predicted octanol–water partition coefficient (Wildman–Crippen LogP) is 1.84. The number of aromatic nitrogens is 2. The van der Waals surface area contributed by atoms with Crippen LogP contribution in [0, 0.1) is 19.8 Å². The van der Waals surface area contributed by atoms with Gasteiger partial charge in [0.2, 0.25) is 5.91 Å². The van der Waals surface area contributed by atoms with E-state index in [1.807, 2.05) is 24.8 Å². The van der Waals surface area contributed by atoms with E-state index in [0.717, 1.165) is 49.6 Å². The molecule has 21 heavy (non-hydrogen) atoms. The van der Waals surface area contributed by atoms with Crippen LogP contribution in [0.3, 0.4) is 0 Å². The van der Waals surface area contributed by atoms with Gasteiger partial charge in [-0.1, -0.05) is 0 Å². The number of likely N-dealkylation sites (tertiary alicyclic amines) is 1. The molecule has 1 aromatic heterocycles. The molecule has 0 unspecified atom stereocenters. The molecule has 0 saturated carbocycles. The first-order valence-corrected chi connectivity index (χ1v) is 7.82. The van der Waals surface area contributed by atoms with Gasteiger partial charge in [-0.15, -0.1) is 0 Å². The van der Waals surface area contributed by atoms with Gasteiger partial charge < -0.3 is 9.64 Å². The van der Waals surface area contributed by atoms with Gasteiger partial charge in [0.1, 0.15) is 5.82 Å². The zero-order chi connectivity index (χ0) is 14.8. The van der Waals surface area contributed by atoms with Crippen molar-refractivity contribution in [3.05, 3.63) is 23.3 Å². The molecule has 5 nitrogen and oxygen atoms in total. The van der Waals surface area contributed by atoms with Gasteiger partial charge in [-0.05, 0) is 39.2 Å². The molecule has 2 saturated heterocycles. The Labute approximate surface area is 125 Å². The van der Waals surface area contributed by atoms with Crippen LogP contribution in [0.5, 0.6) is 0 Å². The van der Waals surface area contributed by atoms with Crippen LogP contribution in [0.15, 0.2) is 6.07 Å². The summed E-state index contributed by atoms with van der Waals surface area (Å²) in [6.45, 7) is 7.02. The Bertz CT molecular complexity index is 506. The van der Waals surface area contributed by atoms with Gasteiger partial charge in [0.15, 0.2) is 0 Å². The predicted molar refractivity (Wildman–Crippen MR) is 79.0 cm³/mol. The number of hydrogen-bond donors (Lipinski definition) is 0. The first-order chi connectivity index (χ1) is 10.1. The minimum Gasteiger partial charge on any atom is -0.381 e. The zero-order valence-corrected chi connectivity index (χ0v) is 12.8. The minimum atomic E-state index is 0.151. The molecular formula is C16H23N3O2. The summed E-state index contributed by atoms with van der Waals surface area (Å²) in [5, 5.41) is 0. The molecule has 0 aromatic carbocycles. The topological polar surface area (TPSA) is 55.3 Å². The molecule has 1 amide bonds. The van der Waals surface area contributed by atoms with Gasteiger partial charge in [0.05, 0.1) is 0 Å². The SMILES string of the molecule is Cc1cc(C)nc([C@H]2CCN(C(=O)C3CCOCC3)C2)n1. The molecule has 3 heterocycles. The highest BCUT2D eigenvalue weighted by atomic mass is 16.5. The smallest absolute Gasteiger partial charge is 0.225 e. The van der Waals surface area contributed by atoms with Crippen molar-refractivity contribution in [2.75, 3.05) is 26.3 Å². The molecule has 2 fully saturated rings. The van der Waals surface area contributed by atoms with E-state index in [1.165, 1.54) is 0 Å². The third kappa shape index (κ3) is 3.23. The molecule has 1 atom stereocenters. The summed E-state index contributed by atoms with van der Waals surface area (Å²) in [5.41, 5.74) is 2.01. The monoisotopic (exact) mass is 289 g/mol. The van der Waals surface area contributed by atoms with Gasteiger partial charge in [0.25, 0.3) is 0 Å². The fourth-order valence-electron chi connectivity index (χ4n) is 3.31. The van der Waals surface area contributed by atoms with E-state index in [0.29, 0.717) is 19.1 Å². The summed E-state index contributed by atoms with van der Waals surface area (Å²) in [6, 6.07) is 1.99. The van der Waals surface area contributed by atoms with Crippen LogP contribution in [-0.2, 0) is 9.53 Å². The standard InChI is InChI=1S/C16H23N3O2/c1-11-9-12(2)18-15(17-11)14-3-6-19(10-14)16(20)13-4-7-21-8-5-13/h9,13-14H,3-8,10H2,1-2H3/t14-/m0/s1. The van der Waals surface area contributed by atoms with Crippen molar-refractivity contribution in [3.8, 4) is 0 Å². The molecule has 114 valence electrons. The molecule has 0 bridgehead atoms. The maximum atomic E-state index is 12.5. The summed E-state index contributed by atoms with van der Waals surface area (Å²) in [7, 11) is 0. The second kappa shape index (κ2) is 6.10. The molecular weight excluding hydrogens is 266 g/mol. The normalized spacial score (nSPS) is 23.5. The maximum Gasteiger partial charge on any atom is 0.225 e. The largest absolute Gasteiger partial charge is 0.381 e. The Morgan fingerprint density at radius 3 is 2.52 bits per heavy atom. The van der Waals surface area contributed by atoms with E-state index in [-0.39, 0.29) is 11.8 Å². The highest BCUT2D eigenvalue weighted by Gasteiger charge is 2.33. The lowest BCUT2D eigenvalue weighted by Gasteiger charge is -2.26. The van der Waals surface area contributed by atoms with Crippen LogP contribution in [-0.4, -0.2) is 47.1 Å². The molecule has 0 aliphatic carbocycles. The van der Waals surface area contributed by atoms with Crippen molar-refractivity contribution in [1.29, 1.82) is 0 Å². The van der Waals surface area contributed by atoms with Gasteiger partial charge >= 0.3 is 0 Å². The third-order valence-corrected chi connectivity index (χ3v) is 4.44. The van der Waals surface area contributed by atoms with Crippen LogP contribution in [0.1, 0.15) is 42.4 Å². The Kier molecular flexibility index (Phi) is 4.19. The second-order valence-electron chi connectivity index (χ2n) is 6.17. The molecule has 0 spiro atoms. The highest BCUT2D eigenvalue weighted by molar-refractivity contribution is 5.79. The first-order valence-electron chi connectivity index (χ1n) is 7.82. The van der Waals surface area contributed by atoms with Crippen molar-refractivity contribution in [2.24, 2.45) is 5.92 Å². The lowest BCUT2D eigenvalue weighted by Crippen LogP contribution is -2.37. The Morgan fingerprint density at radius 2 is 1.86 bits per heavy atom. The number of carbonyl (C=O) groups excluding carboxylic acids is 1. The summed E-state index contributed by atoms with van der Waals surface area (Å²) in [6.07, 6.45) is 2.69. The number of aryl methyl sites for hydroxylation is 2. The summed E-state index contributed by atoms with van der Waals surface area (Å²) in [5.74, 6) is 1.63. The van der Waals surface area contributed by atoms with Crippen molar-refractivity contribution < 1.29 is 9.53 Å². The lowest BCUT2D eigenvalue weighted by atomic mass is 9.99. The van der Waals surface area contributed by atoms with Gasteiger partial charge in [-0.25, -0.2) is 9.97 Å². The van der Waals surface area contributed by atoms with E-state index < -0.39 is 0 Å². The number of hydrogen-bond acceptors (Lipinski definition) is 4. The molecule has 1 aromatic rings. The van der Waals surface area contributed by atoms with E-state index in [9.17, 15) is 4.79 Å². The molecule has 3 rings (SSSR count). The fourth-order valence-corrected chi connectivity index (χ4v) is 3.31. The first kappa shape index (κ1) is 14.4. The minimum absolute atomic E-state index is 0.151. The average Bonchev–Trinajstić information content (AvgIpc) is 2.96. The molecule has 0 radical (unpaired) electrons. The molecule has 2 aliphatic rings. The summed E-state index contributed by atoms with van der Waals surface area (Å²) < 4.78 is 5.34. The fraction of sp³-hybridized carbons (Fsp3) is 0.688. The Balaban J connectivity index is 1.65. The van der Waals surface area contributed by atoms with E-state index in [2.05, 4.69) is 9.97 Å². The Morgan fingerprint density at radius 1 is 1.19 bits per heavy atom. The van der Waals surface area contributed by atoms with E-state index >= 15 is 0 Å². The lowest BCUT2D eigenvalue weighted by molar-refractivity contribution is -0.137. The number of nitrogens with zero attached hydrogens (tertiary/aromatic N) is 3. The van der Waals surface area contributed by atoms with Crippen LogP contribution >= 0.6 is 0 Å². The van der Waals surface area contributed by atoms with Crippen LogP contribution in [0.2, 0.25) is 0 Å². The van der Waals surface area contributed by atoms with Crippen molar-refractivity contribution in [1.82, 2.24) is 14.9 Å². The summed E-state index contributed by atoms with van der Waals surface area (Å²) in [4.78, 5) is 23.6. The molecule has 2 aliphatic heterocycles. The third-order valence-electron chi connectivity index (χ3n) is 4.44. The van der Waals surface area contributed by atoms with Gasteiger partial charge in [-0.2, -0.15) is 0 Å². The number of rotatable bonds is 2. The zero-order valence-electron chi connectivity index (χ0n) is 12.8. The van der Waals surface area contributed by atoms with Crippen LogP contribution in [0.25, 0.3) is 0 Å². The van der Waals surface area contributed by atoms with E-state index in [4.69, 9.17) is 4.74 Å². The molecule has 0 N–H and O–H groups in total. The second-order valence-corrected chi connectivity index (χ2v) is 6.17. The number of carbonyl (C=O) groups is 1. The maximum absolute atomic E-state index is 12.5. The van der Waals surface area contributed by atoms with Gasteiger partial charge in [-0.3, -0.25) is 4.79 Å². The number of amides is 1. The highest BCUT2D eigenvalue weighted by Crippen LogP contribution is 2.28. The number of ether oxygens (including phenoxy) is 1. The quantitative estimate of drug-likeness (QED) is 0.833. The van der Waals surface area contributed by atoms with Gasteiger partial charge in [0, 0.05) is 49.5 Å². The van der Waals surface area contributed by atoms with Crippen molar-refractivity contribution in [2.45, 2.75) is 39.0 Å². The summed E-state index contributed by atoms with van der Waals surface area (Å²) >= 11 is 0. The Hall–Kier alpha value is -1.49. The van der Waals surface area contributed by atoms with Crippen molar-refractivity contribution >= 4 is 5.91 Å². The average molecular weight is 289 g/mol.